The number of hydrazone groups is 1. The third kappa shape index (κ3) is 4.01. The van der Waals surface area contributed by atoms with Crippen LogP contribution in [0.25, 0.3) is 5.69 Å². The van der Waals surface area contributed by atoms with Gasteiger partial charge in [0, 0.05) is 17.7 Å². The van der Waals surface area contributed by atoms with E-state index in [2.05, 4.69) is 15.6 Å². The third-order valence-corrected chi connectivity index (χ3v) is 4.10. The highest BCUT2D eigenvalue weighted by Crippen LogP contribution is 2.20. The molecule has 0 fully saturated rings. The number of carbonyl (C=O) groups excluding carboxylic acids is 1. The molecular weight excluding hydrogens is 370 g/mol. The first-order valence-corrected chi connectivity index (χ1v) is 8.23. The van der Waals surface area contributed by atoms with Gasteiger partial charge in [-0.25, -0.2) is 10.1 Å². The first-order valence-electron chi connectivity index (χ1n) is 7.86. The van der Waals surface area contributed by atoms with Gasteiger partial charge < -0.3 is 0 Å². The third-order valence-electron chi connectivity index (χ3n) is 3.82. The number of non-ortho nitro benzene ring substituents is 1. The number of nitro benzene ring substituents is 1. The van der Waals surface area contributed by atoms with E-state index in [1.54, 1.807) is 4.68 Å². The maximum absolute atomic E-state index is 12.1. The lowest BCUT2D eigenvalue weighted by atomic mass is 10.2. The van der Waals surface area contributed by atoms with Crippen LogP contribution in [0, 0.1) is 17.0 Å². The summed E-state index contributed by atoms with van der Waals surface area (Å²) in [5.41, 5.74) is 4.71. The van der Waals surface area contributed by atoms with E-state index >= 15 is 0 Å². The molecule has 2 aromatic carbocycles. The van der Waals surface area contributed by atoms with Crippen molar-refractivity contribution in [1.82, 2.24) is 15.2 Å². The fourth-order valence-electron chi connectivity index (χ4n) is 2.40. The number of rotatable bonds is 5. The Hall–Kier alpha value is -3.52. The van der Waals surface area contributed by atoms with Crippen molar-refractivity contribution in [3.8, 4) is 5.69 Å². The van der Waals surface area contributed by atoms with Crippen LogP contribution in [0.5, 0.6) is 0 Å². The molecule has 9 heteroatoms. The van der Waals surface area contributed by atoms with Crippen molar-refractivity contribution in [1.29, 1.82) is 0 Å². The van der Waals surface area contributed by atoms with Crippen molar-refractivity contribution in [2.75, 3.05) is 0 Å². The van der Waals surface area contributed by atoms with Gasteiger partial charge in [-0.1, -0.05) is 29.8 Å². The number of hydrogen-bond acceptors (Lipinski definition) is 5. The Morgan fingerprint density at radius 1 is 1.22 bits per heavy atom. The van der Waals surface area contributed by atoms with E-state index in [1.165, 1.54) is 30.5 Å². The van der Waals surface area contributed by atoms with Crippen LogP contribution in [0.1, 0.15) is 21.6 Å². The molecule has 0 unspecified atom stereocenters. The Morgan fingerprint density at radius 3 is 2.52 bits per heavy atom. The molecule has 0 radical (unpaired) electrons. The number of benzene rings is 2. The number of nitrogens with one attached hydrogen (secondary N) is 1. The van der Waals surface area contributed by atoms with E-state index < -0.39 is 10.8 Å². The van der Waals surface area contributed by atoms with E-state index in [4.69, 9.17) is 11.6 Å². The maximum atomic E-state index is 12.1. The molecule has 3 rings (SSSR count). The van der Waals surface area contributed by atoms with Crippen molar-refractivity contribution >= 4 is 29.4 Å². The van der Waals surface area contributed by atoms with E-state index in [0.717, 1.165) is 11.4 Å². The van der Waals surface area contributed by atoms with Crippen molar-refractivity contribution in [2.24, 2.45) is 5.10 Å². The number of nitro groups is 1. The first kappa shape index (κ1) is 18.3. The topological polar surface area (TPSA) is 102 Å². The summed E-state index contributed by atoms with van der Waals surface area (Å²) in [7, 11) is 0. The largest absolute Gasteiger partial charge is 0.271 e. The molecule has 1 amide bonds. The second kappa shape index (κ2) is 7.79. The predicted molar refractivity (Wildman–Crippen MR) is 101 cm³/mol. The van der Waals surface area contributed by atoms with E-state index in [1.807, 2.05) is 37.3 Å². The normalized spacial score (nSPS) is 10.9. The molecule has 0 aliphatic rings. The summed E-state index contributed by atoms with van der Waals surface area (Å²) in [4.78, 5) is 22.2. The van der Waals surface area contributed by atoms with Gasteiger partial charge in [-0.3, -0.25) is 14.9 Å². The zero-order chi connectivity index (χ0) is 19.4. The molecule has 136 valence electrons. The zero-order valence-corrected chi connectivity index (χ0v) is 14.9. The molecule has 0 saturated heterocycles. The average molecular weight is 384 g/mol. The van der Waals surface area contributed by atoms with Crippen LogP contribution >= 0.6 is 11.6 Å². The van der Waals surface area contributed by atoms with Gasteiger partial charge in [0.25, 0.3) is 11.6 Å². The minimum absolute atomic E-state index is 0.0919. The van der Waals surface area contributed by atoms with E-state index in [9.17, 15) is 14.9 Å². The Kier molecular flexibility index (Phi) is 5.28. The first-order chi connectivity index (χ1) is 13.0. The smallest absolute Gasteiger partial charge is 0.267 e. The Morgan fingerprint density at radius 2 is 1.89 bits per heavy atom. The lowest BCUT2D eigenvalue weighted by Gasteiger charge is -2.03. The summed E-state index contributed by atoms with van der Waals surface area (Å²) in [6.45, 7) is 1.84. The Balaban J connectivity index is 1.74. The van der Waals surface area contributed by atoms with Gasteiger partial charge in [-0.15, -0.1) is 0 Å². The maximum Gasteiger partial charge on any atom is 0.271 e. The average Bonchev–Trinajstić information content (AvgIpc) is 2.97. The summed E-state index contributed by atoms with van der Waals surface area (Å²) in [6.07, 6.45) is 1.41. The molecule has 1 aromatic heterocycles. The molecular formula is C18H14ClN5O3. The summed E-state index contributed by atoms with van der Waals surface area (Å²) in [5.74, 6) is -0.495. The van der Waals surface area contributed by atoms with Crippen LogP contribution in [-0.4, -0.2) is 26.8 Å². The molecule has 0 spiro atoms. The molecule has 1 N–H and O–H groups in total. The summed E-state index contributed by atoms with van der Waals surface area (Å²) >= 11 is 6.18. The fourth-order valence-corrected chi connectivity index (χ4v) is 2.66. The zero-order valence-electron chi connectivity index (χ0n) is 14.2. The van der Waals surface area contributed by atoms with Crippen LogP contribution in [0.2, 0.25) is 5.15 Å². The van der Waals surface area contributed by atoms with Gasteiger partial charge in [0.2, 0.25) is 0 Å². The molecule has 0 aliphatic heterocycles. The lowest BCUT2D eigenvalue weighted by molar-refractivity contribution is -0.384. The number of amides is 1. The van der Waals surface area contributed by atoms with E-state index in [-0.39, 0.29) is 16.4 Å². The molecule has 27 heavy (non-hydrogen) atoms. The van der Waals surface area contributed by atoms with Crippen molar-refractivity contribution in [3.63, 3.8) is 0 Å². The number of nitrogens with zero attached hydrogens (tertiary/aromatic N) is 4. The number of hydrogen-bond donors (Lipinski definition) is 1. The highest BCUT2D eigenvalue weighted by atomic mass is 35.5. The number of carbonyl (C=O) groups is 1. The van der Waals surface area contributed by atoms with Crippen molar-refractivity contribution in [2.45, 2.75) is 6.92 Å². The van der Waals surface area contributed by atoms with Gasteiger partial charge in [0.1, 0.15) is 0 Å². The molecule has 0 bridgehead atoms. The number of para-hydroxylation sites is 1. The van der Waals surface area contributed by atoms with Crippen LogP contribution in [0.4, 0.5) is 5.69 Å². The molecule has 0 aliphatic carbocycles. The van der Waals surface area contributed by atoms with Crippen LogP contribution < -0.4 is 5.43 Å². The van der Waals surface area contributed by atoms with E-state index in [0.29, 0.717) is 5.56 Å². The van der Waals surface area contributed by atoms with Gasteiger partial charge in [0.15, 0.2) is 5.15 Å². The second-order valence-electron chi connectivity index (χ2n) is 5.54. The monoisotopic (exact) mass is 383 g/mol. The van der Waals surface area contributed by atoms with Gasteiger partial charge in [-0.05, 0) is 31.2 Å². The standard InChI is InChI=1S/C18H14ClN5O3/c1-12-16(17(19)22-23(12)14-5-3-2-4-6-14)11-20-21-18(25)13-7-9-15(10-8-13)24(26)27/h2-11H,1H3,(H,21,25)/b20-11-. The van der Waals surface area contributed by atoms with Crippen molar-refractivity contribution < 1.29 is 9.72 Å². The number of halogens is 1. The Labute approximate surface area is 159 Å². The quantitative estimate of drug-likeness (QED) is 0.413. The fraction of sp³-hybridized carbons (Fsp3) is 0.0556. The minimum atomic E-state index is -0.533. The summed E-state index contributed by atoms with van der Waals surface area (Å²) < 4.78 is 1.68. The molecule has 1 heterocycles. The predicted octanol–water partition coefficient (Wildman–Crippen LogP) is 3.51. The minimum Gasteiger partial charge on any atom is -0.267 e. The summed E-state index contributed by atoms with van der Waals surface area (Å²) in [5, 5.41) is 19.1. The SMILES string of the molecule is Cc1c(/C=N\NC(=O)c2ccc([N+](=O)[O-])cc2)c(Cl)nn1-c1ccccc1. The van der Waals surface area contributed by atoms with Crippen molar-refractivity contribution in [3.05, 3.63) is 86.7 Å². The Bertz CT molecular complexity index is 1010. The molecule has 0 atom stereocenters. The molecule has 8 nitrogen and oxygen atoms in total. The lowest BCUT2D eigenvalue weighted by Crippen LogP contribution is -2.17. The van der Waals surface area contributed by atoms with Crippen LogP contribution in [0.3, 0.4) is 0 Å². The molecule has 3 aromatic rings. The van der Waals surface area contributed by atoms with Crippen LogP contribution in [-0.2, 0) is 0 Å². The number of aromatic nitrogens is 2. The van der Waals surface area contributed by atoms with Gasteiger partial charge >= 0.3 is 0 Å². The highest BCUT2D eigenvalue weighted by Gasteiger charge is 2.13. The van der Waals surface area contributed by atoms with Gasteiger partial charge in [0.05, 0.1) is 28.1 Å². The van der Waals surface area contributed by atoms with Gasteiger partial charge in [-0.2, -0.15) is 10.2 Å². The second-order valence-corrected chi connectivity index (χ2v) is 5.90. The van der Waals surface area contributed by atoms with Crippen LogP contribution in [0.15, 0.2) is 59.7 Å². The molecule has 0 saturated carbocycles. The summed E-state index contributed by atoms with van der Waals surface area (Å²) in [6, 6.07) is 14.7. The highest BCUT2D eigenvalue weighted by molar-refractivity contribution is 6.32.